The molecule has 0 aromatic carbocycles. The van der Waals surface area contributed by atoms with Crippen molar-refractivity contribution in [3.63, 3.8) is 0 Å². The summed E-state index contributed by atoms with van der Waals surface area (Å²) in [6, 6.07) is -2.76. The molecule has 9 heteroatoms. The molecule has 0 aliphatic heterocycles. The molecule has 0 aliphatic carbocycles. The number of carboxylic acid groups (broad SMARTS) is 1. The summed E-state index contributed by atoms with van der Waals surface area (Å²) < 4.78 is 1.43. The van der Waals surface area contributed by atoms with Gasteiger partial charge in [0.1, 0.15) is 6.04 Å². The highest BCUT2D eigenvalue weighted by atomic mass is 16.4. The molecule has 0 fully saturated rings. The van der Waals surface area contributed by atoms with Gasteiger partial charge in [-0.25, -0.2) is 9.59 Å². The number of nitrogens with one attached hydrogen (secondary N) is 3. The number of carboxylic acids is 1. The molecule has 0 saturated heterocycles. The lowest BCUT2D eigenvalue weighted by atomic mass is 10.1. The number of aromatic nitrogens is 2. The molecule has 1 rings (SSSR count). The van der Waals surface area contributed by atoms with Gasteiger partial charge in [-0.2, -0.15) is 5.10 Å². The van der Waals surface area contributed by atoms with Gasteiger partial charge in [-0.05, 0) is 6.92 Å². The van der Waals surface area contributed by atoms with Crippen LogP contribution in [-0.2, 0) is 16.6 Å². The Kier molecular flexibility index (Phi) is 5.07. The minimum Gasteiger partial charge on any atom is -0.479 e. The van der Waals surface area contributed by atoms with Crippen molar-refractivity contribution in [3.8, 4) is 0 Å². The maximum Gasteiger partial charge on any atom is 0.331 e. The van der Waals surface area contributed by atoms with Crippen LogP contribution in [0.15, 0.2) is 12.4 Å². The number of amides is 3. The molecule has 1 heterocycles. The van der Waals surface area contributed by atoms with Crippen LogP contribution in [0.4, 0.5) is 4.79 Å². The Hall–Kier alpha value is -2.58. The molecule has 20 heavy (non-hydrogen) atoms. The van der Waals surface area contributed by atoms with Crippen molar-refractivity contribution in [2.75, 3.05) is 7.05 Å². The number of likely N-dealkylation sites (N-methyl/N-ethyl adjacent to an activating group) is 1. The van der Waals surface area contributed by atoms with Crippen LogP contribution in [0, 0.1) is 0 Å². The van der Waals surface area contributed by atoms with Crippen LogP contribution >= 0.6 is 0 Å². The summed E-state index contributed by atoms with van der Waals surface area (Å²) in [5, 5.41) is 19.9. The molecule has 0 radical (unpaired) electrons. The number of aliphatic carboxylic acids is 1. The Bertz CT molecular complexity index is 513. The van der Waals surface area contributed by atoms with Crippen molar-refractivity contribution in [2.45, 2.75) is 19.0 Å². The number of rotatable bonds is 5. The van der Waals surface area contributed by atoms with Crippen LogP contribution in [0.5, 0.6) is 0 Å². The van der Waals surface area contributed by atoms with Crippen molar-refractivity contribution in [1.82, 2.24) is 25.7 Å². The number of nitrogens with zero attached hydrogens (tertiary/aromatic N) is 2. The van der Waals surface area contributed by atoms with Crippen molar-refractivity contribution in [3.05, 3.63) is 18.0 Å². The molecule has 1 aromatic heterocycles. The van der Waals surface area contributed by atoms with E-state index in [0.717, 1.165) is 0 Å². The van der Waals surface area contributed by atoms with Crippen LogP contribution in [-0.4, -0.2) is 45.9 Å². The molecular weight excluding hydrogens is 266 g/mol. The summed E-state index contributed by atoms with van der Waals surface area (Å²) in [5.41, 5.74) is 0.336. The van der Waals surface area contributed by atoms with E-state index >= 15 is 0 Å². The number of aryl methyl sites for hydroxylation is 1. The van der Waals surface area contributed by atoms with Gasteiger partial charge >= 0.3 is 12.0 Å². The lowest BCUT2D eigenvalue weighted by Gasteiger charge is -2.16. The van der Waals surface area contributed by atoms with E-state index in [2.05, 4.69) is 21.0 Å². The van der Waals surface area contributed by atoms with Gasteiger partial charge in [0, 0.05) is 25.9 Å². The van der Waals surface area contributed by atoms with Crippen molar-refractivity contribution >= 4 is 17.9 Å². The first kappa shape index (κ1) is 15.5. The average molecular weight is 283 g/mol. The number of urea groups is 1. The molecule has 110 valence electrons. The highest BCUT2D eigenvalue weighted by Crippen LogP contribution is 2.11. The quantitative estimate of drug-likeness (QED) is 0.550. The maximum absolute atomic E-state index is 11.7. The second-order valence-electron chi connectivity index (χ2n) is 4.17. The van der Waals surface area contributed by atoms with E-state index in [1.807, 2.05) is 0 Å². The molecule has 2 unspecified atom stereocenters. The Morgan fingerprint density at radius 1 is 1.35 bits per heavy atom. The highest BCUT2D eigenvalue weighted by Gasteiger charge is 2.24. The minimum atomic E-state index is -1.24. The minimum absolute atomic E-state index is 0.336. The lowest BCUT2D eigenvalue weighted by Crippen LogP contribution is -2.49. The first-order valence-corrected chi connectivity index (χ1v) is 5.85. The van der Waals surface area contributed by atoms with E-state index in [-0.39, 0.29) is 5.91 Å². The van der Waals surface area contributed by atoms with Crippen molar-refractivity contribution in [1.29, 1.82) is 0 Å². The first-order valence-electron chi connectivity index (χ1n) is 5.85. The fraction of sp³-hybridized carbons (Fsp3) is 0.455. The van der Waals surface area contributed by atoms with Gasteiger partial charge in [0.05, 0.1) is 6.20 Å². The summed E-state index contributed by atoms with van der Waals surface area (Å²) in [5.74, 6) is -1.60. The van der Waals surface area contributed by atoms with Gasteiger partial charge in [0.15, 0.2) is 6.04 Å². The number of carbonyl (C=O) groups excluding carboxylic acids is 2. The predicted molar refractivity (Wildman–Crippen MR) is 68.8 cm³/mol. The van der Waals surface area contributed by atoms with Crippen LogP contribution < -0.4 is 16.0 Å². The third kappa shape index (κ3) is 3.97. The predicted octanol–water partition coefficient (Wildman–Crippen LogP) is -1.02. The number of carbonyl (C=O) groups is 3. The zero-order valence-electron chi connectivity index (χ0n) is 11.4. The van der Waals surface area contributed by atoms with Crippen LogP contribution in [0.2, 0.25) is 0 Å². The molecule has 0 saturated carbocycles. The summed E-state index contributed by atoms with van der Waals surface area (Å²) >= 11 is 0. The molecule has 0 spiro atoms. The Balaban J connectivity index is 2.70. The van der Waals surface area contributed by atoms with Crippen molar-refractivity contribution < 1.29 is 19.5 Å². The first-order chi connectivity index (χ1) is 9.35. The van der Waals surface area contributed by atoms with E-state index in [0.29, 0.717) is 5.56 Å². The summed E-state index contributed by atoms with van der Waals surface area (Å²) in [6.07, 6.45) is 2.84. The summed E-state index contributed by atoms with van der Waals surface area (Å²) in [7, 11) is 3.07. The van der Waals surface area contributed by atoms with Gasteiger partial charge in [-0.3, -0.25) is 9.48 Å². The van der Waals surface area contributed by atoms with Gasteiger partial charge < -0.3 is 21.1 Å². The zero-order chi connectivity index (χ0) is 15.3. The summed E-state index contributed by atoms with van der Waals surface area (Å²) in [6.45, 7) is 1.48. The normalized spacial score (nSPS) is 13.2. The summed E-state index contributed by atoms with van der Waals surface area (Å²) in [4.78, 5) is 34.1. The van der Waals surface area contributed by atoms with E-state index in [1.165, 1.54) is 31.0 Å². The van der Waals surface area contributed by atoms with Crippen LogP contribution in [0.25, 0.3) is 0 Å². The van der Waals surface area contributed by atoms with E-state index in [4.69, 9.17) is 5.11 Å². The lowest BCUT2D eigenvalue weighted by molar-refractivity contribution is -0.139. The largest absolute Gasteiger partial charge is 0.479 e. The molecule has 1 aromatic rings. The topological polar surface area (TPSA) is 125 Å². The molecule has 4 N–H and O–H groups in total. The highest BCUT2D eigenvalue weighted by molar-refractivity contribution is 5.88. The average Bonchev–Trinajstić information content (AvgIpc) is 2.80. The Morgan fingerprint density at radius 2 is 2.00 bits per heavy atom. The second kappa shape index (κ2) is 6.55. The van der Waals surface area contributed by atoms with Gasteiger partial charge in [-0.1, -0.05) is 0 Å². The van der Waals surface area contributed by atoms with Gasteiger partial charge in [0.2, 0.25) is 5.91 Å². The van der Waals surface area contributed by atoms with Gasteiger partial charge in [-0.15, -0.1) is 0 Å². The van der Waals surface area contributed by atoms with Crippen LogP contribution in [0.3, 0.4) is 0 Å². The smallest absolute Gasteiger partial charge is 0.331 e. The van der Waals surface area contributed by atoms with Crippen molar-refractivity contribution in [2.24, 2.45) is 7.05 Å². The van der Waals surface area contributed by atoms with E-state index in [9.17, 15) is 14.4 Å². The standard InChI is InChI=1S/C11H17N5O4/c1-6(9(17)12-2)14-11(20)15-8(10(18)19)7-4-13-16(3)5-7/h4-6,8H,1-3H3,(H,12,17)(H,18,19)(H2,14,15,20). The molecule has 3 amide bonds. The van der Waals surface area contributed by atoms with E-state index < -0.39 is 24.1 Å². The fourth-order valence-corrected chi connectivity index (χ4v) is 1.53. The third-order valence-electron chi connectivity index (χ3n) is 2.57. The fourth-order valence-electron chi connectivity index (χ4n) is 1.53. The molecule has 0 aliphatic rings. The monoisotopic (exact) mass is 283 g/mol. The molecule has 0 bridgehead atoms. The zero-order valence-corrected chi connectivity index (χ0v) is 11.4. The Morgan fingerprint density at radius 3 is 2.45 bits per heavy atom. The Labute approximate surface area is 115 Å². The third-order valence-corrected chi connectivity index (χ3v) is 2.57. The maximum atomic E-state index is 11.7. The molecule has 9 nitrogen and oxygen atoms in total. The molecule has 2 atom stereocenters. The molecular formula is C11H17N5O4. The SMILES string of the molecule is CNC(=O)C(C)NC(=O)NC(C(=O)O)c1cnn(C)c1. The number of hydrogen-bond acceptors (Lipinski definition) is 4. The second-order valence-corrected chi connectivity index (χ2v) is 4.17. The number of hydrogen-bond donors (Lipinski definition) is 4. The van der Waals surface area contributed by atoms with E-state index in [1.54, 1.807) is 7.05 Å². The van der Waals surface area contributed by atoms with Crippen LogP contribution in [0.1, 0.15) is 18.5 Å². The van der Waals surface area contributed by atoms with Gasteiger partial charge in [0.25, 0.3) is 0 Å².